The van der Waals surface area contributed by atoms with Crippen LogP contribution in [0, 0.1) is 5.82 Å². The third-order valence-corrected chi connectivity index (χ3v) is 2.46. The number of hydrogen-bond donors (Lipinski definition) is 1. The molecule has 0 aliphatic heterocycles. The minimum atomic E-state index is -0.390. The zero-order chi connectivity index (χ0) is 11.1. The number of rotatable bonds is 2. The highest BCUT2D eigenvalue weighted by Gasteiger charge is 2.25. The SMILES string of the molecule is CC(C)(CN)c1nc2cccc(F)c2o1. The van der Waals surface area contributed by atoms with Crippen LogP contribution in [0.4, 0.5) is 4.39 Å². The van der Waals surface area contributed by atoms with Crippen molar-refractivity contribution in [1.82, 2.24) is 4.98 Å². The zero-order valence-corrected chi connectivity index (χ0v) is 8.75. The van der Waals surface area contributed by atoms with Crippen LogP contribution in [-0.2, 0) is 5.41 Å². The quantitative estimate of drug-likeness (QED) is 0.823. The molecule has 0 unspecified atom stereocenters. The molecule has 0 saturated carbocycles. The molecule has 2 rings (SSSR count). The predicted molar refractivity (Wildman–Crippen MR) is 56.0 cm³/mol. The van der Waals surface area contributed by atoms with Gasteiger partial charge in [0.2, 0.25) is 5.89 Å². The topological polar surface area (TPSA) is 52.0 Å². The monoisotopic (exact) mass is 208 g/mol. The summed E-state index contributed by atoms with van der Waals surface area (Å²) in [5.41, 5.74) is 5.97. The second-order valence-electron chi connectivity index (χ2n) is 4.20. The molecule has 0 atom stereocenters. The molecule has 0 aliphatic rings. The van der Waals surface area contributed by atoms with Crippen molar-refractivity contribution in [2.75, 3.05) is 6.54 Å². The maximum atomic E-state index is 13.3. The second-order valence-corrected chi connectivity index (χ2v) is 4.20. The molecule has 1 heterocycles. The van der Waals surface area contributed by atoms with E-state index in [-0.39, 0.29) is 16.8 Å². The Morgan fingerprint density at radius 1 is 1.47 bits per heavy atom. The Morgan fingerprint density at radius 2 is 2.20 bits per heavy atom. The van der Waals surface area contributed by atoms with Crippen LogP contribution in [0.2, 0.25) is 0 Å². The Hall–Kier alpha value is -1.42. The molecule has 0 saturated heterocycles. The van der Waals surface area contributed by atoms with E-state index in [1.165, 1.54) is 6.07 Å². The van der Waals surface area contributed by atoms with Crippen molar-refractivity contribution in [3.05, 3.63) is 29.9 Å². The number of aromatic nitrogens is 1. The zero-order valence-electron chi connectivity index (χ0n) is 8.75. The van der Waals surface area contributed by atoms with Crippen molar-refractivity contribution in [1.29, 1.82) is 0 Å². The molecular weight excluding hydrogens is 195 g/mol. The number of fused-ring (bicyclic) bond motifs is 1. The molecule has 2 N–H and O–H groups in total. The minimum Gasteiger partial charge on any atom is -0.437 e. The summed E-state index contributed by atoms with van der Waals surface area (Å²) in [6.45, 7) is 4.23. The lowest BCUT2D eigenvalue weighted by molar-refractivity contribution is 0.386. The Morgan fingerprint density at radius 3 is 2.80 bits per heavy atom. The lowest BCUT2D eigenvalue weighted by Crippen LogP contribution is -2.28. The van der Waals surface area contributed by atoms with Gasteiger partial charge in [-0.05, 0) is 26.0 Å². The first kappa shape index (κ1) is 10.1. The van der Waals surface area contributed by atoms with Gasteiger partial charge in [0.15, 0.2) is 11.4 Å². The average Bonchev–Trinajstić information content (AvgIpc) is 2.64. The highest BCUT2D eigenvalue weighted by atomic mass is 19.1. The van der Waals surface area contributed by atoms with Gasteiger partial charge >= 0.3 is 0 Å². The summed E-state index contributed by atoms with van der Waals surface area (Å²) >= 11 is 0. The lowest BCUT2D eigenvalue weighted by atomic mass is 9.94. The fraction of sp³-hybridized carbons (Fsp3) is 0.364. The van der Waals surface area contributed by atoms with Gasteiger partial charge in [-0.15, -0.1) is 0 Å². The molecule has 15 heavy (non-hydrogen) atoms. The van der Waals surface area contributed by atoms with Crippen LogP contribution in [0.3, 0.4) is 0 Å². The number of halogens is 1. The normalized spacial score (nSPS) is 12.3. The molecule has 0 aliphatic carbocycles. The molecule has 0 amide bonds. The van der Waals surface area contributed by atoms with Crippen molar-refractivity contribution < 1.29 is 8.81 Å². The van der Waals surface area contributed by atoms with E-state index in [0.717, 1.165) is 0 Å². The molecule has 4 heteroatoms. The standard InChI is InChI=1S/C11H13FN2O/c1-11(2,6-13)10-14-8-5-3-4-7(12)9(8)15-10/h3-5H,6,13H2,1-2H3. The van der Waals surface area contributed by atoms with Crippen LogP contribution in [0.5, 0.6) is 0 Å². The summed E-state index contributed by atoms with van der Waals surface area (Å²) in [5.74, 6) is 0.0872. The van der Waals surface area contributed by atoms with E-state index in [2.05, 4.69) is 4.98 Å². The molecule has 3 nitrogen and oxygen atoms in total. The van der Waals surface area contributed by atoms with E-state index >= 15 is 0 Å². The summed E-state index contributed by atoms with van der Waals surface area (Å²) in [6.07, 6.45) is 0. The number of benzene rings is 1. The molecule has 80 valence electrons. The maximum absolute atomic E-state index is 13.3. The van der Waals surface area contributed by atoms with Crippen LogP contribution in [0.25, 0.3) is 11.1 Å². The number of nitrogens with two attached hydrogens (primary N) is 1. The van der Waals surface area contributed by atoms with E-state index in [0.29, 0.717) is 18.0 Å². The summed E-state index contributed by atoms with van der Waals surface area (Å²) in [7, 11) is 0. The molecule has 1 aromatic carbocycles. The molecule has 2 aromatic rings. The first-order chi connectivity index (χ1) is 7.04. The van der Waals surface area contributed by atoms with E-state index in [1.807, 2.05) is 13.8 Å². The molecule has 0 bridgehead atoms. The number of hydrogen-bond acceptors (Lipinski definition) is 3. The van der Waals surface area contributed by atoms with Crippen LogP contribution in [-0.4, -0.2) is 11.5 Å². The summed E-state index contributed by atoms with van der Waals surface area (Å²) < 4.78 is 18.7. The highest BCUT2D eigenvalue weighted by molar-refractivity contribution is 5.73. The van der Waals surface area contributed by atoms with E-state index < -0.39 is 0 Å². The molecule has 0 radical (unpaired) electrons. The van der Waals surface area contributed by atoms with E-state index in [4.69, 9.17) is 10.2 Å². The van der Waals surface area contributed by atoms with Gasteiger partial charge in [0.05, 0.1) is 5.41 Å². The summed E-state index contributed by atoms with van der Waals surface area (Å²) in [5, 5.41) is 0. The maximum Gasteiger partial charge on any atom is 0.202 e. The van der Waals surface area contributed by atoms with Crippen molar-refractivity contribution >= 4 is 11.1 Å². The fourth-order valence-corrected chi connectivity index (χ4v) is 1.29. The smallest absolute Gasteiger partial charge is 0.202 e. The Kier molecular flexibility index (Phi) is 2.23. The van der Waals surface area contributed by atoms with Gasteiger partial charge in [0.1, 0.15) is 5.52 Å². The van der Waals surface area contributed by atoms with Crippen LogP contribution in [0.1, 0.15) is 19.7 Å². The third kappa shape index (κ3) is 1.61. The van der Waals surface area contributed by atoms with Crippen molar-refractivity contribution in [2.45, 2.75) is 19.3 Å². The average molecular weight is 208 g/mol. The Labute approximate surface area is 87.1 Å². The van der Waals surface area contributed by atoms with Crippen molar-refractivity contribution in [2.24, 2.45) is 5.73 Å². The van der Waals surface area contributed by atoms with Gasteiger partial charge in [-0.3, -0.25) is 0 Å². The van der Waals surface area contributed by atoms with Crippen LogP contribution < -0.4 is 5.73 Å². The largest absolute Gasteiger partial charge is 0.437 e. The molecule has 0 spiro atoms. The Bertz CT molecular complexity index is 490. The van der Waals surface area contributed by atoms with Gasteiger partial charge in [-0.1, -0.05) is 6.07 Å². The lowest BCUT2D eigenvalue weighted by Gasteiger charge is -2.16. The van der Waals surface area contributed by atoms with Gasteiger partial charge in [-0.2, -0.15) is 0 Å². The fourth-order valence-electron chi connectivity index (χ4n) is 1.29. The van der Waals surface area contributed by atoms with E-state index in [1.54, 1.807) is 12.1 Å². The van der Waals surface area contributed by atoms with Crippen molar-refractivity contribution in [3.63, 3.8) is 0 Å². The third-order valence-electron chi connectivity index (χ3n) is 2.46. The molecule has 0 fully saturated rings. The second kappa shape index (κ2) is 3.31. The number of para-hydroxylation sites is 1. The summed E-state index contributed by atoms with van der Waals surface area (Å²) in [6, 6.07) is 4.68. The van der Waals surface area contributed by atoms with Crippen molar-refractivity contribution in [3.8, 4) is 0 Å². The minimum absolute atomic E-state index is 0.203. The van der Waals surface area contributed by atoms with Crippen LogP contribution >= 0.6 is 0 Å². The van der Waals surface area contributed by atoms with E-state index in [9.17, 15) is 4.39 Å². The highest BCUT2D eigenvalue weighted by Crippen LogP contribution is 2.26. The summed E-state index contributed by atoms with van der Waals surface area (Å²) in [4.78, 5) is 4.23. The van der Waals surface area contributed by atoms with Gasteiger partial charge < -0.3 is 10.2 Å². The first-order valence-electron chi connectivity index (χ1n) is 4.80. The van der Waals surface area contributed by atoms with Gasteiger partial charge in [0, 0.05) is 6.54 Å². The molecular formula is C11H13FN2O. The Balaban J connectivity index is 2.62. The van der Waals surface area contributed by atoms with Gasteiger partial charge in [-0.25, -0.2) is 9.37 Å². The van der Waals surface area contributed by atoms with Crippen LogP contribution in [0.15, 0.2) is 22.6 Å². The predicted octanol–water partition coefficient (Wildman–Crippen LogP) is 2.20. The van der Waals surface area contributed by atoms with Gasteiger partial charge in [0.25, 0.3) is 0 Å². The number of oxazole rings is 1. The number of nitrogens with zero attached hydrogens (tertiary/aromatic N) is 1. The first-order valence-corrected chi connectivity index (χ1v) is 4.80. The molecule has 1 aromatic heterocycles.